The number of carbonyl (C=O) groups excluding carboxylic acids is 2. The fourth-order valence-electron chi connectivity index (χ4n) is 4.69. The quantitative estimate of drug-likeness (QED) is 0.500. The summed E-state index contributed by atoms with van der Waals surface area (Å²) >= 11 is 0. The van der Waals surface area contributed by atoms with Gasteiger partial charge in [-0.2, -0.15) is 4.39 Å². The van der Waals surface area contributed by atoms with Crippen molar-refractivity contribution in [1.29, 1.82) is 0 Å². The van der Waals surface area contributed by atoms with Crippen molar-refractivity contribution >= 4 is 11.8 Å². The lowest BCUT2D eigenvalue weighted by Crippen LogP contribution is -2.47. The first-order valence-corrected chi connectivity index (χ1v) is 12.2. The van der Waals surface area contributed by atoms with Crippen LogP contribution in [0.25, 0.3) is 0 Å². The monoisotopic (exact) mass is 494 g/mol. The zero-order valence-corrected chi connectivity index (χ0v) is 20.2. The van der Waals surface area contributed by atoms with Crippen molar-refractivity contribution in [2.75, 3.05) is 6.54 Å². The maximum Gasteiger partial charge on any atom is 0.243 e. The van der Waals surface area contributed by atoms with Gasteiger partial charge in [0, 0.05) is 12.0 Å². The highest BCUT2D eigenvalue weighted by Crippen LogP contribution is 2.41. The Morgan fingerprint density at radius 1 is 1.14 bits per heavy atom. The molecule has 1 N–H and O–H groups in total. The average molecular weight is 495 g/mol. The molecule has 0 bridgehead atoms. The van der Waals surface area contributed by atoms with E-state index in [1.807, 2.05) is 30.3 Å². The maximum absolute atomic E-state index is 14.8. The van der Waals surface area contributed by atoms with Gasteiger partial charge in [0.1, 0.15) is 24.4 Å². The number of halogens is 2. The number of pyridine rings is 1. The molecular weight excluding hydrogens is 466 g/mol. The zero-order chi connectivity index (χ0) is 25.4. The van der Waals surface area contributed by atoms with Crippen molar-refractivity contribution in [3.05, 3.63) is 82.6 Å². The zero-order valence-electron chi connectivity index (χ0n) is 20.2. The summed E-state index contributed by atoms with van der Waals surface area (Å²) in [6.45, 7) is 3.33. The summed E-state index contributed by atoms with van der Waals surface area (Å²) in [5.74, 6) is -0.462. The molecule has 2 fully saturated rings. The van der Waals surface area contributed by atoms with Crippen LogP contribution in [0.2, 0.25) is 0 Å². The smallest absolute Gasteiger partial charge is 0.243 e. The van der Waals surface area contributed by atoms with Gasteiger partial charge in [0.05, 0.1) is 24.0 Å². The molecule has 1 saturated heterocycles. The van der Waals surface area contributed by atoms with Crippen LogP contribution in [-0.2, 0) is 16.0 Å². The second kappa shape index (κ2) is 9.79. The number of benzene rings is 1. The van der Waals surface area contributed by atoms with Crippen LogP contribution in [0.1, 0.15) is 65.4 Å². The van der Waals surface area contributed by atoms with Gasteiger partial charge < -0.3 is 14.6 Å². The van der Waals surface area contributed by atoms with Gasteiger partial charge in [0.2, 0.25) is 23.7 Å². The van der Waals surface area contributed by atoms with Gasteiger partial charge in [-0.15, -0.1) is 0 Å². The molecule has 1 aliphatic heterocycles. The fourth-order valence-corrected chi connectivity index (χ4v) is 4.69. The predicted octanol–water partition coefficient (Wildman–Crippen LogP) is 4.09. The molecular formula is C27H28F2N4O3. The van der Waals surface area contributed by atoms with E-state index >= 15 is 0 Å². The van der Waals surface area contributed by atoms with Crippen LogP contribution in [-0.4, -0.2) is 45.4 Å². The number of aryl methyl sites for hydroxylation is 2. The summed E-state index contributed by atoms with van der Waals surface area (Å²) in [4.78, 5) is 36.0. The third-order valence-electron chi connectivity index (χ3n) is 6.88. The highest BCUT2D eigenvalue weighted by atomic mass is 19.1. The Kier molecular flexibility index (Phi) is 6.55. The average Bonchev–Trinajstić information content (AvgIpc) is 3.54. The van der Waals surface area contributed by atoms with Gasteiger partial charge in [-0.1, -0.05) is 36.4 Å². The first-order chi connectivity index (χ1) is 17.3. The van der Waals surface area contributed by atoms with Crippen molar-refractivity contribution in [1.82, 2.24) is 20.2 Å². The Bertz CT molecular complexity index is 1260. The minimum Gasteiger partial charge on any atom is -0.445 e. The van der Waals surface area contributed by atoms with E-state index in [1.165, 1.54) is 4.90 Å². The molecule has 1 aliphatic carbocycles. The number of carbonyl (C=O) groups is 2. The molecule has 3 aromatic rings. The minimum absolute atomic E-state index is 0.120. The Balaban J connectivity index is 1.37. The third-order valence-corrected chi connectivity index (χ3v) is 6.88. The second-order valence-electron chi connectivity index (χ2n) is 9.56. The molecule has 9 heteroatoms. The highest BCUT2D eigenvalue weighted by molar-refractivity contribution is 5.89. The molecule has 36 heavy (non-hydrogen) atoms. The van der Waals surface area contributed by atoms with Crippen molar-refractivity contribution < 1.29 is 22.8 Å². The van der Waals surface area contributed by atoms with E-state index in [4.69, 9.17) is 4.42 Å². The largest absolute Gasteiger partial charge is 0.445 e. The first-order valence-electron chi connectivity index (χ1n) is 12.2. The molecule has 0 unspecified atom stereocenters. The standard InChI is InChI=1S/C27H28F2N4O3/c1-15-16(2)36-23(30-15)13-24(34)33-14-19(28)12-22(33)27(35)32-25(18-6-4-3-5-7-18)21-11-10-20(17-8-9-17)26(29)31-21/h3-7,10-11,17,19,22,25H,8-9,12-14H2,1-2H3,(H,32,35)/t19-,22+,25+/m1/s1. The SMILES string of the molecule is Cc1nc(CC(=O)N2C[C@H](F)C[C@H]2C(=O)N[C@@H](c2ccccc2)c2ccc(C3CC3)c(F)n2)oc1C. The molecule has 3 atom stereocenters. The van der Waals surface area contributed by atoms with E-state index in [9.17, 15) is 18.4 Å². The van der Waals surface area contributed by atoms with Crippen LogP contribution < -0.4 is 5.32 Å². The molecule has 7 nitrogen and oxygen atoms in total. The lowest BCUT2D eigenvalue weighted by molar-refractivity contribution is -0.138. The van der Waals surface area contributed by atoms with Crippen LogP contribution in [0, 0.1) is 19.8 Å². The number of rotatable bonds is 7. The van der Waals surface area contributed by atoms with Gasteiger partial charge in [-0.05, 0) is 44.2 Å². The highest BCUT2D eigenvalue weighted by Gasteiger charge is 2.41. The Morgan fingerprint density at radius 3 is 2.53 bits per heavy atom. The van der Waals surface area contributed by atoms with Crippen LogP contribution in [0.3, 0.4) is 0 Å². The normalized spacial score (nSPS) is 20.4. The predicted molar refractivity (Wildman–Crippen MR) is 127 cm³/mol. The van der Waals surface area contributed by atoms with Crippen LogP contribution in [0.15, 0.2) is 46.9 Å². The number of likely N-dealkylation sites (tertiary alicyclic amines) is 1. The molecule has 1 aromatic carbocycles. The maximum atomic E-state index is 14.8. The second-order valence-corrected chi connectivity index (χ2v) is 9.56. The number of hydrogen-bond acceptors (Lipinski definition) is 5. The van der Waals surface area contributed by atoms with Crippen molar-refractivity contribution in [3.63, 3.8) is 0 Å². The van der Waals surface area contributed by atoms with E-state index in [0.717, 1.165) is 12.8 Å². The van der Waals surface area contributed by atoms with E-state index in [2.05, 4.69) is 15.3 Å². The molecule has 3 heterocycles. The van der Waals surface area contributed by atoms with Gasteiger partial charge in [0.15, 0.2) is 0 Å². The summed E-state index contributed by atoms with van der Waals surface area (Å²) in [6, 6.07) is 10.8. The molecule has 5 rings (SSSR count). The lowest BCUT2D eigenvalue weighted by Gasteiger charge is -2.26. The van der Waals surface area contributed by atoms with Crippen molar-refractivity contribution in [3.8, 4) is 0 Å². The Labute approximate surface area is 207 Å². The van der Waals surface area contributed by atoms with Crippen LogP contribution in [0.5, 0.6) is 0 Å². The molecule has 2 aromatic heterocycles. The number of nitrogens with one attached hydrogen (secondary N) is 1. The van der Waals surface area contributed by atoms with Crippen LogP contribution in [0.4, 0.5) is 8.78 Å². The number of alkyl halides is 1. The molecule has 188 valence electrons. The van der Waals surface area contributed by atoms with Gasteiger partial charge in [0.25, 0.3) is 0 Å². The summed E-state index contributed by atoms with van der Waals surface area (Å²) < 4.78 is 34.7. The number of amides is 2. The van der Waals surface area contributed by atoms with Crippen molar-refractivity contribution in [2.45, 2.75) is 63.7 Å². The minimum atomic E-state index is -1.33. The number of aromatic nitrogens is 2. The van der Waals surface area contributed by atoms with Gasteiger partial charge in [-0.3, -0.25) is 9.59 Å². The summed E-state index contributed by atoms with van der Waals surface area (Å²) in [6.07, 6.45) is 0.272. The fraction of sp³-hybridized carbons (Fsp3) is 0.407. The molecule has 0 radical (unpaired) electrons. The van der Waals surface area contributed by atoms with E-state index < -0.39 is 36.0 Å². The third kappa shape index (κ3) is 5.01. The number of hydrogen-bond donors (Lipinski definition) is 1. The topological polar surface area (TPSA) is 88.3 Å². The summed E-state index contributed by atoms with van der Waals surface area (Å²) in [5, 5.41) is 2.90. The van der Waals surface area contributed by atoms with E-state index in [0.29, 0.717) is 28.3 Å². The molecule has 0 spiro atoms. The Morgan fingerprint density at radius 2 is 1.89 bits per heavy atom. The van der Waals surface area contributed by atoms with Gasteiger partial charge >= 0.3 is 0 Å². The summed E-state index contributed by atoms with van der Waals surface area (Å²) in [5.41, 5.74) is 2.31. The molecule has 2 aliphatic rings. The lowest BCUT2D eigenvalue weighted by atomic mass is 10.0. The Hall–Kier alpha value is -3.62. The van der Waals surface area contributed by atoms with E-state index in [1.54, 1.807) is 26.0 Å². The first kappa shape index (κ1) is 24.1. The number of nitrogens with zero attached hydrogens (tertiary/aromatic N) is 3. The van der Waals surface area contributed by atoms with E-state index in [-0.39, 0.29) is 31.2 Å². The summed E-state index contributed by atoms with van der Waals surface area (Å²) in [7, 11) is 0. The van der Waals surface area contributed by atoms with Crippen molar-refractivity contribution in [2.24, 2.45) is 0 Å². The molecule has 1 saturated carbocycles. The van der Waals surface area contributed by atoms with Crippen LogP contribution >= 0.6 is 0 Å². The molecule has 2 amide bonds. The number of oxazole rings is 1. The van der Waals surface area contributed by atoms with Gasteiger partial charge in [-0.25, -0.2) is 14.4 Å².